The van der Waals surface area contributed by atoms with Crippen LogP contribution in [0.25, 0.3) is 93.4 Å². The van der Waals surface area contributed by atoms with Crippen LogP contribution in [-0.4, -0.2) is 4.40 Å². The molecule has 0 amide bonds. The first-order chi connectivity index (χ1) is 29.5. The highest BCUT2D eigenvalue weighted by Crippen LogP contribution is 2.52. The molecule has 3 aromatic heterocycles. The van der Waals surface area contributed by atoms with Gasteiger partial charge in [-0.05, 0) is 111 Å². The van der Waals surface area contributed by atoms with Gasteiger partial charge in [-0.15, -0.1) is 0 Å². The fourth-order valence-electron chi connectivity index (χ4n) is 10.4. The second-order valence-corrected chi connectivity index (χ2v) is 16.9. The third-order valence-corrected chi connectivity index (χ3v) is 13.3. The third-order valence-electron chi connectivity index (χ3n) is 13.3. The summed E-state index contributed by atoms with van der Waals surface area (Å²) in [5.41, 5.74) is 18.8. The zero-order valence-corrected chi connectivity index (χ0v) is 33.3. The molecule has 0 atom stereocenters. The van der Waals surface area contributed by atoms with Crippen molar-refractivity contribution in [3.8, 4) is 33.4 Å². The van der Waals surface area contributed by atoms with Crippen molar-refractivity contribution in [1.82, 2.24) is 4.40 Å². The summed E-state index contributed by atoms with van der Waals surface area (Å²) in [5.74, 6) is 0. The molecule has 1 aliphatic carbocycles. The Morgan fingerprint density at radius 1 is 0.383 bits per heavy atom. The van der Waals surface area contributed by atoms with E-state index in [9.17, 15) is 0 Å². The number of nitrogens with zero attached hydrogens (tertiary/aromatic N) is 2. The zero-order chi connectivity index (χ0) is 39.7. The fourth-order valence-corrected chi connectivity index (χ4v) is 10.4. The molecule has 9 aromatic carbocycles. The Kier molecular flexibility index (Phi) is 6.78. The molecule has 60 heavy (non-hydrogen) atoms. The summed E-state index contributed by atoms with van der Waals surface area (Å²) in [6.45, 7) is 4.76. The Balaban J connectivity index is 0.918. The lowest BCUT2D eigenvalue weighted by Gasteiger charge is -2.28. The third kappa shape index (κ3) is 4.66. The normalized spacial score (nSPS) is 13.3. The number of rotatable bonds is 5. The van der Waals surface area contributed by atoms with Gasteiger partial charge in [0.05, 0.1) is 16.6 Å². The van der Waals surface area contributed by atoms with Crippen LogP contribution >= 0.6 is 0 Å². The molecular formula is C57H38N2O. The van der Waals surface area contributed by atoms with Gasteiger partial charge in [-0.3, -0.25) is 0 Å². The van der Waals surface area contributed by atoms with E-state index in [1.165, 1.54) is 82.6 Å². The highest BCUT2D eigenvalue weighted by atomic mass is 16.3. The SMILES string of the molecule is CC1(C)c2cc(-c3ccc4c(c3)c3cccc5c6ccccc6n4c53)ccc2-c2ccc(N(c3ccc(-c4ccccc4)cc3)c3ccc4c(c3)oc3ccccc34)cc21. The summed E-state index contributed by atoms with van der Waals surface area (Å²) in [5, 5.41) is 7.48. The van der Waals surface area contributed by atoms with Gasteiger partial charge in [-0.1, -0.05) is 135 Å². The molecule has 0 aliphatic heterocycles. The van der Waals surface area contributed by atoms with Crippen LogP contribution in [0.5, 0.6) is 0 Å². The molecule has 0 N–H and O–H groups in total. The smallest absolute Gasteiger partial charge is 0.137 e. The Morgan fingerprint density at radius 2 is 0.950 bits per heavy atom. The van der Waals surface area contributed by atoms with E-state index in [1.807, 2.05) is 12.1 Å². The molecule has 3 heterocycles. The molecule has 3 heteroatoms. The summed E-state index contributed by atoms with van der Waals surface area (Å²) in [7, 11) is 0. The second kappa shape index (κ2) is 12.2. The summed E-state index contributed by atoms with van der Waals surface area (Å²) < 4.78 is 8.88. The van der Waals surface area contributed by atoms with Gasteiger partial charge in [-0.25, -0.2) is 0 Å². The molecule has 13 rings (SSSR count). The van der Waals surface area contributed by atoms with E-state index >= 15 is 0 Å². The molecule has 0 unspecified atom stereocenters. The van der Waals surface area contributed by atoms with Gasteiger partial charge >= 0.3 is 0 Å². The van der Waals surface area contributed by atoms with E-state index in [-0.39, 0.29) is 5.41 Å². The molecule has 0 radical (unpaired) electrons. The molecule has 12 aromatic rings. The lowest BCUT2D eigenvalue weighted by atomic mass is 9.81. The predicted octanol–water partition coefficient (Wildman–Crippen LogP) is 15.8. The summed E-state index contributed by atoms with van der Waals surface area (Å²) >= 11 is 0. The number of furan rings is 1. The first kappa shape index (κ1) is 33.4. The largest absolute Gasteiger partial charge is 0.456 e. The average Bonchev–Trinajstić information content (AvgIpc) is 4.01. The van der Waals surface area contributed by atoms with Crippen LogP contribution in [0.15, 0.2) is 199 Å². The minimum absolute atomic E-state index is 0.220. The first-order valence-corrected chi connectivity index (χ1v) is 20.8. The van der Waals surface area contributed by atoms with Gasteiger partial charge in [0.2, 0.25) is 0 Å². The Morgan fingerprint density at radius 3 is 1.80 bits per heavy atom. The molecule has 3 nitrogen and oxygen atoms in total. The summed E-state index contributed by atoms with van der Waals surface area (Å²) in [6, 6.07) is 71.1. The highest BCUT2D eigenvalue weighted by Gasteiger charge is 2.36. The summed E-state index contributed by atoms with van der Waals surface area (Å²) in [4.78, 5) is 2.37. The minimum atomic E-state index is -0.220. The standard InChI is InChI=1S/C57H38N2O/c1-57(2)50-32-38(37-22-30-53-49(31-37)48-16-10-15-47-44-13-6-8-17-52(44)59(53)56(47)48)21-27-42(50)43-28-25-40(33-51(43)57)58(39-23-19-36(20-24-39)35-11-4-3-5-12-35)41-26-29-46-45-14-7-9-18-54(45)60-55(46)34-41/h3-34H,1-2H3. The second-order valence-electron chi connectivity index (χ2n) is 16.9. The van der Waals surface area contributed by atoms with Gasteiger partial charge in [0.1, 0.15) is 11.2 Å². The lowest BCUT2D eigenvalue weighted by Crippen LogP contribution is -2.16. The van der Waals surface area contributed by atoms with Crippen molar-refractivity contribution in [3.05, 3.63) is 205 Å². The van der Waals surface area contributed by atoms with Crippen molar-refractivity contribution in [3.63, 3.8) is 0 Å². The number of hydrogen-bond donors (Lipinski definition) is 0. The van der Waals surface area contributed by atoms with E-state index in [4.69, 9.17) is 4.42 Å². The number of benzene rings is 9. The van der Waals surface area contributed by atoms with E-state index in [0.29, 0.717) is 0 Å². The quantitative estimate of drug-likeness (QED) is 0.174. The Labute approximate surface area is 347 Å². The topological polar surface area (TPSA) is 20.8 Å². The summed E-state index contributed by atoms with van der Waals surface area (Å²) in [6.07, 6.45) is 0. The van der Waals surface area contributed by atoms with Gasteiger partial charge in [0.25, 0.3) is 0 Å². The van der Waals surface area contributed by atoms with Gasteiger partial charge in [-0.2, -0.15) is 0 Å². The van der Waals surface area contributed by atoms with Gasteiger partial charge < -0.3 is 13.7 Å². The van der Waals surface area contributed by atoms with E-state index in [2.05, 4.69) is 205 Å². The maximum absolute atomic E-state index is 6.43. The van der Waals surface area contributed by atoms with Crippen molar-refractivity contribution in [2.75, 3.05) is 4.90 Å². The lowest BCUT2D eigenvalue weighted by molar-refractivity contribution is 0.660. The van der Waals surface area contributed by atoms with E-state index < -0.39 is 0 Å². The van der Waals surface area contributed by atoms with Gasteiger partial charge in [0, 0.05) is 60.9 Å². The van der Waals surface area contributed by atoms with Crippen LogP contribution in [0.2, 0.25) is 0 Å². The maximum atomic E-state index is 6.43. The van der Waals surface area contributed by atoms with Crippen LogP contribution in [0.4, 0.5) is 17.1 Å². The molecule has 0 bridgehead atoms. The van der Waals surface area contributed by atoms with Crippen LogP contribution < -0.4 is 4.90 Å². The predicted molar refractivity (Wildman–Crippen MR) is 251 cm³/mol. The Bertz CT molecular complexity index is 3680. The number of aromatic nitrogens is 1. The first-order valence-electron chi connectivity index (χ1n) is 20.8. The zero-order valence-electron chi connectivity index (χ0n) is 33.3. The van der Waals surface area contributed by atoms with Crippen molar-refractivity contribution in [2.45, 2.75) is 19.3 Å². The number of anilines is 3. The van der Waals surface area contributed by atoms with E-state index in [1.54, 1.807) is 0 Å². The molecule has 282 valence electrons. The molecule has 1 aliphatic rings. The molecule has 0 fully saturated rings. The minimum Gasteiger partial charge on any atom is -0.456 e. The molecular weight excluding hydrogens is 729 g/mol. The van der Waals surface area contributed by atoms with Crippen molar-refractivity contribution in [1.29, 1.82) is 0 Å². The van der Waals surface area contributed by atoms with Gasteiger partial charge in [0.15, 0.2) is 0 Å². The monoisotopic (exact) mass is 766 g/mol. The molecule has 0 saturated heterocycles. The number of fused-ring (bicyclic) bond motifs is 12. The van der Waals surface area contributed by atoms with Crippen LogP contribution in [0, 0.1) is 0 Å². The van der Waals surface area contributed by atoms with E-state index in [0.717, 1.165) is 39.0 Å². The highest BCUT2D eigenvalue weighted by molar-refractivity contribution is 6.23. The van der Waals surface area contributed by atoms with Crippen molar-refractivity contribution < 1.29 is 4.42 Å². The van der Waals surface area contributed by atoms with Crippen LogP contribution in [-0.2, 0) is 5.41 Å². The molecule has 0 saturated carbocycles. The van der Waals surface area contributed by atoms with Crippen LogP contribution in [0.3, 0.4) is 0 Å². The Hall–Kier alpha value is -7.62. The van der Waals surface area contributed by atoms with Crippen LogP contribution in [0.1, 0.15) is 25.0 Å². The maximum Gasteiger partial charge on any atom is 0.137 e. The van der Waals surface area contributed by atoms with Crippen molar-refractivity contribution in [2.24, 2.45) is 0 Å². The number of hydrogen-bond acceptors (Lipinski definition) is 2. The fraction of sp³-hybridized carbons (Fsp3) is 0.0526. The number of para-hydroxylation sites is 3. The van der Waals surface area contributed by atoms with Crippen molar-refractivity contribution >= 4 is 77.1 Å². The average molecular weight is 767 g/mol. The molecule has 0 spiro atoms.